The number of allylic oxidation sites excluding steroid dienone is 2. The number of hydrogen-bond donors (Lipinski definition) is 3. The van der Waals surface area contributed by atoms with Crippen molar-refractivity contribution in [2.75, 3.05) is 31.6 Å². The van der Waals surface area contributed by atoms with Crippen molar-refractivity contribution in [3.05, 3.63) is 64.1 Å². The molecule has 1 saturated heterocycles. The summed E-state index contributed by atoms with van der Waals surface area (Å²) in [5, 5.41) is 5.79. The molecule has 2 aliphatic rings. The molecule has 0 saturated carbocycles. The number of para-hydroxylation sites is 1. The molecule has 0 aliphatic carbocycles. The van der Waals surface area contributed by atoms with E-state index in [9.17, 15) is 14.4 Å². The molecule has 3 N–H and O–H groups in total. The Kier molecular flexibility index (Phi) is 7.19. The lowest BCUT2D eigenvalue weighted by atomic mass is 9.88. The summed E-state index contributed by atoms with van der Waals surface area (Å²) in [7, 11) is 0. The van der Waals surface area contributed by atoms with Crippen LogP contribution in [0.25, 0.3) is 0 Å². The molecule has 2 atom stereocenters. The number of rotatable bonds is 3. The van der Waals surface area contributed by atoms with Gasteiger partial charge in [-0.3, -0.25) is 29.6 Å². The highest BCUT2D eigenvalue weighted by Gasteiger charge is 2.30. The molecule has 0 bridgehead atoms. The number of likely N-dealkylation sites (tertiary alicyclic amines) is 1. The van der Waals surface area contributed by atoms with Crippen LogP contribution >= 0.6 is 0 Å². The van der Waals surface area contributed by atoms with Gasteiger partial charge in [0.15, 0.2) is 6.61 Å². The average molecular weight is 452 g/mol. The summed E-state index contributed by atoms with van der Waals surface area (Å²) in [4.78, 5) is 45.4. The number of carbonyl (C=O) groups excluding carboxylic acids is 2. The Morgan fingerprint density at radius 2 is 2.12 bits per heavy atom. The van der Waals surface area contributed by atoms with Gasteiger partial charge in [-0.15, -0.1) is 0 Å². The van der Waals surface area contributed by atoms with E-state index in [2.05, 4.69) is 37.7 Å². The minimum absolute atomic E-state index is 0.0161. The van der Waals surface area contributed by atoms with E-state index in [-0.39, 0.29) is 48.4 Å². The number of H-pyrrole nitrogens is 1. The van der Waals surface area contributed by atoms with Crippen LogP contribution in [0.1, 0.15) is 24.1 Å². The fraction of sp³-hybridized carbons (Fsp3) is 0.417. The van der Waals surface area contributed by atoms with Crippen molar-refractivity contribution in [1.82, 2.24) is 20.2 Å². The molecular weight excluding hydrogens is 422 g/mol. The van der Waals surface area contributed by atoms with Crippen molar-refractivity contribution in [3.8, 4) is 5.75 Å². The maximum atomic E-state index is 12.5. The van der Waals surface area contributed by atoms with Crippen molar-refractivity contribution in [3.63, 3.8) is 0 Å². The van der Waals surface area contributed by atoms with Gasteiger partial charge in [0.2, 0.25) is 11.9 Å². The van der Waals surface area contributed by atoms with Gasteiger partial charge < -0.3 is 10.1 Å². The average Bonchev–Trinajstić information content (AvgIpc) is 2.76. The van der Waals surface area contributed by atoms with Crippen LogP contribution in [0.3, 0.4) is 0 Å². The first-order valence-corrected chi connectivity index (χ1v) is 11.2. The topological polar surface area (TPSA) is 116 Å². The lowest BCUT2D eigenvalue weighted by Gasteiger charge is -2.38. The summed E-state index contributed by atoms with van der Waals surface area (Å²) in [5.74, 6) is 0.698. The minimum Gasteiger partial charge on any atom is -0.483 e. The van der Waals surface area contributed by atoms with Gasteiger partial charge >= 0.3 is 0 Å². The molecule has 33 heavy (non-hydrogen) atoms. The number of aryl methyl sites for hydroxylation is 1. The van der Waals surface area contributed by atoms with Crippen LogP contribution in [0, 0.1) is 12.8 Å². The number of fused-ring (bicyclic) bond motifs is 2. The Balaban J connectivity index is 1.39. The predicted octanol–water partition coefficient (Wildman–Crippen LogP) is 1.40. The van der Waals surface area contributed by atoms with Crippen LogP contribution in [0.5, 0.6) is 5.75 Å². The number of ether oxygens (including phenoxy) is 1. The predicted molar refractivity (Wildman–Crippen MR) is 124 cm³/mol. The third kappa shape index (κ3) is 6.29. The standard InChI is InChI=1S/C24H29N5O4/c1-16-12-21(30)27-24(25-16)28-22(31)14-29-11-10-19-18(13-29)8-3-2-6-17-7-4-5-9-20(17)33-15-23(32)26-19/h2-5,7,9,12,18-19H,6,8,10-11,13-15H2,1H3,(H,26,32)(H2,25,27,28,30,31)/b3-2+/t18-,19+/m0/s1. The van der Waals surface area contributed by atoms with E-state index in [0.717, 1.165) is 30.6 Å². The Hall–Kier alpha value is -3.46. The van der Waals surface area contributed by atoms with Crippen molar-refractivity contribution in [2.45, 2.75) is 32.2 Å². The number of nitrogens with one attached hydrogen (secondary N) is 3. The smallest absolute Gasteiger partial charge is 0.258 e. The van der Waals surface area contributed by atoms with Crippen molar-refractivity contribution in [1.29, 1.82) is 0 Å². The molecule has 3 heterocycles. The first-order chi connectivity index (χ1) is 16.0. The van der Waals surface area contributed by atoms with Gasteiger partial charge in [-0.2, -0.15) is 0 Å². The van der Waals surface area contributed by atoms with Crippen molar-refractivity contribution in [2.24, 2.45) is 5.92 Å². The van der Waals surface area contributed by atoms with Crippen LogP contribution in [-0.2, 0) is 16.0 Å². The Morgan fingerprint density at radius 3 is 2.97 bits per heavy atom. The molecule has 0 spiro atoms. The fourth-order valence-corrected chi connectivity index (χ4v) is 4.38. The number of aromatic amines is 1. The highest BCUT2D eigenvalue weighted by atomic mass is 16.5. The second-order valence-corrected chi connectivity index (χ2v) is 8.55. The molecule has 2 aromatic rings. The summed E-state index contributed by atoms with van der Waals surface area (Å²) < 4.78 is 5.76. The highest BCUT2D eigenvalue weighted by Crippen LogP contribution is 2.23. The number of carbonyl (C=O) groups is 2. The quantitative estimate of drug-likeness (QED) is 0.608. The molecule has 174 valence electrons. The molecule has 2 aliphatic heterocycles. The van der Waals surface area contributed by atoms with Gasteiger partial charge in [-0.05, 0) is 43.7 Å². The highest BCUT2D eigenvalue weighted by molar-refractivity contribution is 5.90. The summed E-state index contributed by atoms with van der Waals surface area (Å²) in [6.07, 6.45) is 6.57. The molecule has 1 aromatic heterocycles. The molecule has 2 amide bonds. The lowest BCUT2D eigenvalue weighted by Crippen LogP contribution is -2.53. The SMILES string of the molecule is Cc1cc(=O)[nH]c(NC(=O)CN2CC[C@H]3NC(=O)COc4ccccc4C/C=C/C[C@H]3C2)n1. The van der Waals surface area contributed by atoms with Crippen LogP contribution in [0.2, 0.25) is 0 Å². The van der Waals surface area contributed by atoms with Gasteiger partial charge in [-0.25, -0.2) is 4.98 Å². The van der Waals surface area contributed by atoms with Gasteiger partial charge in [0.05, 0.1) is 6.54 Å². The molecule has 0 radical (unpaired) electrons. The first-order valence-electron chi connectivity index (χ1n) is 11.2. The van der Waals surface area contributed by atoms with Gasteiger partial charge in [-0.1, -0.05) is 30.4 Å². The zero-order valence-electron chi connectivity index (χ0n) is 18.7. The minimum atomic E-state index is -0.305. The third-order valence-electron chi connectivity index (χ3n) is 5.93. The second kappa shape index (κ2) is 10.4. The van der Waals surface area contributed by atoms with E-state index in [0.29, 0.717) is 18.8 Å². The van der Waals surface area contributed by atoms with Crippen molar-refractivity contribution < 1.29 is 14.3 Å². The zero-order chi connectivity index (χ0) is 23.2. The number of hydrogen-bond acceptors (Lipinski definition) is 6. The Morgan fingerprint density at radius 1 is 1.27 bits per heavy atom. The van der Waals surface area contributed by atoms with Gasteiger partial charge in [0, 0.05) is 30.9 Å². The van der Waals surface area contributed by atoms with Gasteiger partial charge in [0.1, 0.15) is 5.75 Å². The normalized spacial score (nSPS) is 22.4. The van der Waals surface area contributed by atoms with E-state index >= 15 is 0 Å². The maximum absolute atomic E-state index is 12.5. The van der Waals surface area contributed by atoms with E-state index < -0.39 is 0 Å². The summed E-state index contributed by atoms with van der Waals surface area (Å²) in [5.41, 5.74) is 1.28. The fourth-order valence-electron chi connectivity index (χ4n) is 4.38. The van der Waals surface area contributed by atoms with Crippen LogP contribution < -0.4 is 20.9 Å². The number of piperidine rings is 1. The van der Waals surface area contributed by atoms with Crippen LogP contribution in [0.4, 0.5) is 5.95 Å². The van der Waals surface area contributed by atoms with E-state index in [1.165, 1.54) is 6.07 Å². The van der Waals surface area contributed by atoms with E-state index in [1.54, 1.807) is 6.92 Å². The molecule has 0 unspecified atom stereocenters. The number of amides is 2. The Labute approximate surface area is 192 Å². The maximum Gasteiger partial charge on any atom is 0.258 e. The van der Waals surface area contributed by atoms with Crippen molar-refractivity contribution >= 4 is 17.8 Å². The summed E-state index contributed by atoms with van der Waals surface area (Å²) in [6.45, 7) is 3.23. The summed E-state index contributed by atoms with van der Waals surface area (Å²) >= 11 is 0. The molecule has 9 heteroatoms. The molecule has 9 nitrogen and oxygen atoms in total. The summed E-state index contributed by atoms with van der Waals surface area (Å²) in [6, 6.07) is 9.15. The van der Waals surface area contributed by atoms with Crippen LogP contribution in [0.15, 0.2) is 47.3 Å². The van der Waals surface area contributed by atoms with E-state index in [4.69, 9.17) is 4.74 Å². The Bertz CT molecular complexity index is 1100. The molecule has 1 aromatic carbocycles. The van der Waals surface area contributed by atoms with E-state index in [1.807, 2.05) is 24.3 Å². The molecule has 1 fully saturated rings. The lowest BCUT2D eigenvalue weighted by molar-refractivity contribution is -0.125. The number of aromatic nitrogens is 2. The molecule has 4 rings (SSSR count). The number of anilines is 1. The van der Waals surface area contributed by atoms with Crippen LogP contribution in [-0.4, -0.2) is 59.0 Å². The number of benzene rings is 1. The molecular formula is C24H29N5O4. The van der Waals surface area contributed by atoms with Gasteiger partial charge in [0.25, 0.3) is 11.5 Å². The first kappa shape index (κ1) is 22.7. The third-order valence-corrected chi connectivity index (χ3v) is 5.93. The second-order valence-electron chi connectivity index (χ2n) is 8.55. The number of nitrogens with zero attached hydrogens (tertiary/aromatic N) is 2. The monoisotopic (exact) mass is 451 g/mol. The zero-order valence-corrected chi connectivity index (χ0v) is 18.7. The largest absolute Gasteiger partial charge is 0.483 e.